The fraction of sp³-hybridized carbons (Fsp3) is 0.348. The maximum absolute atomic E-state index is 14.1. The molecule has 0 heterocycles. The number of amides is 2. The predicted octanol–water partition coefficient (Wildman–Crippen LogP) is 3.39. The van der Waals surface area contributed by atoms with Gasteiger partial charge in [-0.3, -0.25) is 4.79 Å². The third-order valence-corrected chi connectivity index (χ3v) is 5.35. The fourth-order valence-corrected chi connectivity index (χ4v) is 3.67. The maximum Gasteiger partial charge on any atom is 0.407 e. The Morgan fingerprint density at radius 3 is 2.06 bits per heavy atom. The maximum atomic E-state index is 14.1. The first-order valence-corrected chi connectivity index (χ1v) is 10.1. The van der Waals surface area contributed by atoms with Gasteiger partial charge in [-0.2, -0.15) is 8.78 Å². The van der Waals surface area contributed by atoms with Crippen molar-refractivity contribution < 1.29 is 33.0 Å². The van der Waals surface area contributed by atoms with Crippen molar-refractivity contribution in [1.29, 1.82) is 0 Å². The number of carboxylic acid groups (broad SMARTS) is 1. The van der Waals surface area contributed by atoms with Gasteiger partial charge in [-0.15, -0.1) is 0 Å². The number of halogens is 2. The van der Waals surface area contributed by atoms with Crippen molar-refractivity contribution in [1.82, 2.24) is 10.6 Å². The number of alkyl halides is 2. The van der Waals surface area contributed by atoms with E-state index < -0.39 is 42.4 Å². The zero-order valence-corrected chi connectivity index (χ0v) is 17.6. The molecule has 3 N–H and O–H groups in total. The van der Waals surface area contributed by atoms with Gasteiger partial charge in [0.2, 0.25) is 0 Å². The van der Waals surface area contributed by atoms with Crippen LogP contribution in [0.15, 0.2) is 48.5 Å². The van der Waals surface area contributed by atoms with Crippen LogP contribution in [-0.2, 0) is 14.3 Å². The summed E-state index contributed by atoms with van der Waals surface area (Å²) in [6.45, 7) is 1.57. The Bertz CT molecular complexity index is 979. The van der Waals surface area contributed by atoms with Crippen LogP contribution in [0.3, 0.4) is 0 Å². The summed E-state index contributed by atoms with van der Waals surface area (Å²) in [5.41, 5.74) is 4.00. The van der Waals surface area contributed by atoms with Crippen LogP contribution >= 0.6 is 0 Å². The number of fused-ring (bicyclic) bond motifs is 3. The van der Waals surface area contributed by atoms with Crippen molar-refractivity contribution in [3.63, 3.8) is 0 Å². The first-order valence-electron chi connectivity index (χ1n) is 10.1. The quantitative estimate of drug-likeness (QED) is 0.577. The summed E-state index contributed by atoms with van der Waals surface area (Å²) >= 11 is 0. The molecule has 0 unspecified atom stereocenters. The largest absolute Gasteiger partial charge is 0.480 e. The van der Waals surface area contributed by atoms with Crippen molar-refractivity contribution in [3.05, 3.63) is 59.7 Å². The summed E-state index contributed by atoms with van der Waals surface area (Å²) in [6, 6.07) is 13.9. The number of ether oxygens (including phenoxy) is 1. The van der Waals surface area contributed by atoms with E-state index in [4.69, 9.17) is 9.84 Å². The number of alkyl carbamates (subject to hydrolysis) is 1. The lowest BCUT2D eigenvalue weighted by molar-refractivity contribution is -0.151. The van der Waals surface area contributed by atoms with Crippen LogP contribution in [0, 0.1) is 5.92 Å². The number of carbonyl (C=O) groups excluding carboxylic acids is 2. The van der Waals surface area contributed by atoms with Gasteiger partial charge in [0.05, 0.1) is 6.54 Å². The van der Waals surface area contributed by atoms with Crippen LogP contribution in [0.4, 0.5) is 13.6 Å². The van der Waals surface area contributed by atoms with Crippen LogP contribution in [0.5, 0.6) is 0 Å². The molecular formula is C23H24F2N2O5. The van der Waals surface area contributed by atoms with E-state index in [1.54, 1.807) is 5.32 Å². The molecule has 0 spiro atoms. The van der Waals surface area contributed by atoms with Gasteiger partial charge in [0.15, 0.2) is 0 Å². The molecule has 0 bridgehead atoms. The molecule has 3 rings (SSSR count). The molecule has 2 aromatic rings. The molecule has 2 amide bonds. The number of rotatable bonds is 8. The first-order chi connectivity index (χ1) is 15.1. The third-order valence-electron chi connectivity index (χ3n) is 5.35. The molecule has 1 aliphatic carbocycles. The molecule has 0 saturated carbocycles. The van der Waals surface area contributed by atoms with E-state index in [2.05, 4.69) is 0 Å². The second-order valence-electron chi connectivity index (χ2n) is 7.92. The number of nitrogens with one attached hydrogen (secondary N) is 2. The highest BCUT2D eigenvalue weighted by Crippen LogP contribution is 2.44. The number of benzene rings is 2. The fourth-order valence-electron chi connectivity index (χ4n) is 3.67. The number of carboxylic acids is 1. The lowest BCUT2D eigenvalue weighted by Gasteiger charge is -2.22. The van der Waals surface area contributed by atoms with Gasteiger partial charge in [0, 0.05) is 5.92 Å². The van der Waals surface area contributed by atoms with Gasteiger partial charge in [0.25, 0.3) is 5.91 Å². The summed E-state index contributed by atoms with van der Waals surface area (Å²) in [5, 5.41) is 12.7. The minimum Gasteiger partial charge on any atom is -0.480 e. The molecule has 7 nitrogen and oxygen atoms in total. The highest BCUT2D eigenvalue weighted by atomic mass is 19.3. The second-order valence-corrected chi connectivity index (χ2v) is 7.92. The Hall–Kier alpha value is -3.49. The van der Waals surface area contributed by atoms with E-state index in [0.29, 0.717) is 0 Å². The minimum atomic E-state index is -4.01. The average molecular weight is 446 g/mol. The Morgan fingerprint density at radius 2 is 1.56 bits per heavy atom. The van der Waals surface area contributed by atoms with Gasteiger partial charge >= 0.3 is 18.0 Å². The van der Waals surface area contributed by atoms with Gasteiger partial charge in [-0.05, 0) is 28.2 Å². The Balaban J connectivity index is 1.57. The zero-order chi connectivity index (χ0) is 23.5. The van der Waals surface area contributed by atoms with E-state index >= 15 is 0 Å². The Morgan fingerprint density at radius 1 is 1.03 bits per heavy atom. The van der Waals surface area contributed by atoms with Crippen molar-refractivity contribution >= 4 is 18.0 Å². The standard InChI is InChI=1S/C23H24F2N2O5/c1-13(2)19(20(28)29)27-21(30)23(24,25)12-26-22(31)32-11-18-16-9-5-3-7-14(16)15-8-4-6-10-17(15)18/h3-10,13,18-19H,11-12H2,1-2H3,(H,26,31)(H,27,30)(H,28,29)/t19-/m0/s1. The molecule has 2 aromatic carbocycles. The normalized spacial score (nSPS) is 13.8. The monoisotopic (exact) mass is 446 g/mol. The summed E-state index contributed by atoms with van der Waals surface area (Å²) in [4.78, 5) is 35.0. The smallest absolute Gasteiger partial charge is 0.407 e. The summed E-state index contributed by atoms with van der Waals surface area (Å²) in [7, 11) is 0. The molecule has 9 heteroatoms. The first kappa shape index (κ1) is 23.2. The second kappa shape index (κ2) is 9.33. The van der Waals surface area contributed by atoms with E-state index in [0.717, 1.165) is 22.3 Å². The molecule has 1 atom stereocenters. The van der Waals surface area contributed by atoms with Crippen LogP contribution in [0.2, 0.25) is 0 Å². The number of aliphatic carboxylic acids is 1. The van der Waals surface area contributed by atoms with Crippen molar-refractivity contribution in [2.45, 2.75) is 31.7 Å². The van der Waals surface area contributed by atoms with E-state index in [-0.39, 0.29) is 12.5 Å². The van der Waals surface area contributed by atoms with Gasteiger partial charge in [-0.25, -0.2) is 9.59 Å². The molecule has 0 aliphatic heterocycles. The predicted molar refractivity (Wildman–Crippen MR) is 112 cm³/mol. The molecule has 32 heavy (non-hydrogen) atoms. The Kier molecular flexibility index (Phi) is 6.76. The van der Waals surface area contributed by atoms with E-state index in [1.165, 1.54) is 13.8 Å². The summed E-state index contributed by atoms with van der Waals surface area (Å²) in [6.07, 6.45) is -1.10. The number of hydrogen-bond acceptors (Lipinski definition) is 4. The van der Waals surface area contributed by atoms with Crippen LogP contribution in [-0.4, -0.2) is 48.2 Å². The minimum absolute atomic E-state index is 0.0634. The van der Waals surface area contributed by atoms with Gasteiger partial charge < -0.3 is 20.5 Å². The number of carbonyl (C=O) groups is 3. The molecular weight excluding hydrogens is 422 g/mol. The van der Waals surface area contributed by atoms with E-state index in [9.17, 15) is 23.2 Å². The average Bonchev–Trinajstić information content (AvgIpc) is 3.07. The van der Waals surface area contributed by atoms with Crippen LogP contribution < -0.4 is 10.6 Å². The molecule has 0 saturated heterocycles. The summed E-state index contributed by atoms with van der Waals surface area (Å²) in [5.74, 6) is -8.04. The Labute approximate surface area is 183 Å². The topological polar surface area (TPSA) is 105 Å². The molecule has 0 aromatic heterocycles. The summed E-state index contributed by atoms with van der Waals surface area (Å²) < 4.78 is 33.4. The lowest BCUT2D eigenvalue weighted by atomic mass is 9.98. The highest BCUT2D eigenvalue weighted by Gasteiger charge is 2.42. The highest BCUT2D eigenvalue weighted by molar-refractivity contribution is 5.88. The number of hydrogen-bond donors (Lipinski definition) is 3. The SMILES string of the molecule is CC(C)[C@H](NC(=O)C(F)(F)CNC(=O)OCC1c2ccccc2-c2ccccc21)C(=O)O. The van der Waals surface area contributed by atoms with Crippen LogP contribution in [0.25, 0.3) is 11.1 Å². The van der Waals surface area contributed by atoms with E-state index in [1.807, 2.05) is 53.8 Å². The van der Waals surface area contributed by atoms with Crippen molar-refractivity contribution in [2.75, 3.05) is 13.2 Å². The molecule has 0 fully saturated rings. The van der Waals surface area contributed by atoms with Crippen molar-refractivity contribution in [3.8, 4) is 11.1 Å². The molecule has 170 valence electrons. The van der Waals surface area contributed by atoms with Gasteiger partial charge in [0.1, 0.15) is 12.6 Å². The van der Waals surface area contributed by atoms with Crippen molar-refractivity contribution in [2.24, 2.45) is 5.92 Å². The zero-order valence-electron chi connectivity index (χ0n) is 17.6. The van der Waals surface area contributed by atoms with Gasteiger partial charge in [-0.1, -0.05) is 62.4 Å². The molecule has 0 radical (unpaired) electrons. The molecule has 1 aliphatic rings. The third kappa shape index (κ3) is 4.87. The lowest BCUT2D eigenvalue weighted by Crippen LogP contribution is -2.54. The van der Waals surface area contributed by atoms with Crippen LogP contribution in [0.1, 0.15) is 30.9 Å².